The zero-order valence-electron chi connectivity index (χ0n) is 12.2. The minimum Gasteiger partial charge on any atom is -0.496 e. The number of hydrogen-bond donors (Lipinski definition) is 2. The summed E-state index contributed by atoms with van der Waals surface area (Å²) < 4.78 is 5.29. The van der Waals surface area contributed by atoms with Gasteiger partial charge in [0.05, 0.1) is 24.8 Å². The SMILES string of the molecule is COc1ccccc1-c1nc(CC(=O)N[C@@H](C)C(=O)O)cs1. The molecule has 0 aliphatic heterocycles. The van der Waals surface area contributed by atoms with E-state index in [2.05, 4.69) is 10.3 Å². The van der Waals surface area contributed by atoms with E-state index >= 15 is 0 Å². The summed E-state index contributed by atoms with van der Waals surface area (Å²) in [7, 11) is 1.59. The fraction of sp³-hybridized carbons (Fsp3) is 0.267. The molecule has 0 unspecified atom stereocenters. The van der Waals surface area contributed by atoms with Gasteiger partial charge in [-0.1, -0.05) is 12.1 Å². The summed E-state index contributed by atoms with van der Waals surface area (Å²) in [4.78, 5) is 26.9. The van der Waals surface area contributed by atoms with Crippen LogP contribution >= 0.6 is 11.3 Å². The zero-order chi connectivity index (χ0) is 16.1. The maximum Gasteiger partial charge on any atom is 0.325 e. The highest BCUT2D eigenvalue weighted by molar-refractivity contribution is 7.13. The number of aliphatic carboxylic acids is 1. The summed E-state index contributed by atoms with van der Waals surface area (Å²) in [6.07, 6.45) is 0.0449. The summed E-state index contributed by atoms with van der Waals surface area (Å²) in [5.41, 5.74) is 1.46. The number of para-hydroxylation sites is 1. The minimum absolute atomic E-state index is 0.0449. The van der Waals surface area contributed by atoms with Gasteiger partial charge in [0.25, 0.3) is 0 Å². The molecule has 0 saturated carbocycles. The van der Waals surface area contributed by atoms with Gasteiger partial charge >= 0.3 is 5.97 Å². The van der Waals surface area contributed by atoms with Crippen LogP contribution in [-0.2, 0) is 16.0 Å². The van der Waals surface area contributed by atoms with Crippen LogP contribution < -0.4 is 10.1 Å². The van der Waals surface area contributed by atoms with Gasteiger partial charge in [0.1, 0.15) is 16.8 Å². The van der Waals surface area contributed by atoms with Gasteiger partial charge in [-0.15, -0.1) is 11.3 Å². The number of methoxy groups -OCH3 is 1. The van der Waals surface area contributed by atoms with Gasteiger partial charge in [0, 0.05) is 5.38 Å². The lowest BCUT2D eigenvalue weighted by atomic mass is 10.2. The van der Waals surface area contributed by atoms with Crippen LogP contribution in [0.2, 0.25) is 0 Å². The molecule has 0 fully saturated rings. The van der Waals surface area contributed by atoms with Crippen LogP contribution in [0, 0.1) is 0 Å². The van der Waals surface area contributed by atoms with Crippen LogP contribution in [0.4, 0.5) is 0 Å². The molecule has 1 amide bonds. The molecule has 0 spiro atoms. The van der Waals surface area contributed by atoms with Gasteiger partial charge in [-0.05, 0) is 19.1 Å². The highest BCUT2D eigenvalue weighted by atomic mass is 32.1. The summed E-state index contributed by atoms with van der Waals surface area (Å²) in [5, 5.41) is 13.7. The van der Waals surface area contributed by atoms with Gasteiger partial charge in [-0.2, -0.15) is 0 Å². The molecule has 1 aromatic carbocycles. The number of nitrogens with zero attached hydrogens (tertiary/aromatic N) is 1. The van der Waals surface area contributed by atoms with Crippen molar-refractivity contribution in [3.63, 3.8) is 0 Å². The Morgan fingerprint density at radius 3 is 2.82 bits per heavy atom. The number of thiazole rings is 1. The molecule has 0 aliphatic carbocycles. The highest BCUT2D eigenvalue weighted by Gasteiger charge is 2.16. The number of carbonyl (C=O) groups is 2. The number of rotatable bonds is 6. The van der Waals surface area contributed by atoms with Gasteiger partial charge in [0.2, 0.25) is 5.91 Å². The average molecular weight is 320 g/mol. The smallest absolute Gasteiger partial charge is 0.325 e. The molecule has 0 radical (unpaired) electrons. The first-order valence-corrected chi connectivity index (χ1v) is 7.49. The number of carboxylic acids is 1. The van der Waals surface area contributed by atoms with Crippen LogP contribution in [0.15, 0.2) is 29.6 Å². The van der Waals surface area contributed by atoms with Crippen molar-refractivity contribution in [1.82, 2.24) is 10.3 Å². The van der Waals surface area contributed by atoms with Crippen LogP contribution in [0.1, 0.15) is 12.6 Å². The van der Waals surface area contributed by atoms with E-state index in [1.165, 1.54) is 18.3 Å². The maximum absolute atomic E-state index is 11.8. The largest absolute Gasteiger partial charge is 0.496 e. The maximum atomic E-state index is 11.8. The molecule has 0 saturated heterocycles. The molecular formula is C15H16N2O4S. The lowest BCUT2D eigenvalue weighted by Crippen LogP contribution is -2.39. The Morgan fingerprint density at radius 2 is 2.14 bits per heavy atom. The fourth-order valence-corrected chi connectivity index (χ4v) is 2.70. The standard InChI is InChI=1S/C15H16N2O4S/c1-9(15(19)20)16-13(18)7-10-8-22-14(17-10)11-5-3-4-6-12(11)21-2/h3-6,8-9H,7H2,1-2H3,(H,16,18)(H,19,20)/t9-/m0/s1. The zero-order valence-corrected chi connectivity index (χ0v) is 13.0. The molecule has 0 bridgehead atoms. The van der Waals surface area contributed by atoms with Gasteiger partial charge in [0.15, 0.2) is 0 Å². The van der Waals surface area contributed by atoms with Crippen LogP contribution in [-0.4, -0.2) is 35.1 Å². The Bertz CT molecular complexity index is 684. The number of benzene rings is 1. The highest BCUT2D eigenvalue weighted by Crippen LogP contribution is 2.31. The molecule has 7 heteroatoms. The second-order valence-electron chi connectivity index (χ2n) is 4.65. The summed E-state index contributed by atoms with van der Waals surface area (Å²) >= 11 is 1.41. The predicted octanol–water partition coefficient (Wildman–Crippen LogP) is 1.95. The number of ether oxygens (including phenoxy) is 1. The van der Waals surface area contributed by atoms with Gasteiger partial charge in [-0.3, -0.25) is 9.59 Å². The van der Waals surface area contributed by atoms with E-state index in [9.17, 15) is 9.59 Å². The van der Waals surface area contributed by atoms with E-state index in [1.54, 1.807) is 12.5 Å². The van der Waals surface area contributed by atoms with Gasteiger partial charge in [-0.25, -0.2) is 4.98 Å². The van der Waals surface area contributed by atoms with Crippen LogP contribution in [0.3, 0.4) is 0 Å². The van der Waals surface area contributed by atoms with E-state index in [4.69, 9.17) is 9.84 Å². The molecule has 0 aliphatic rings. The second-order valence-corrected chi connectivity index (χ2v) is 5.51. The van der Waals surface area contributed by atoms with Crippen LogP contribution in [0.5, 0.6) is 5.75 Å². The predicted molar refractivity (Wildman–Crippen MR) is 83.0 cm³/mol. The Kier molecular flexibility index (Phi) is 5.11. The average Bonchev–Trinajstić information content (AvgIpc) is 2.95. The minimum atomic E-state index is -1.07. The first-order chi connectivity index (χ1) is 10.5. The number of amides is 1. The molecule has 1 atom stereocenters. The van der Waals surface area contributed by atoms with E-state index < -0.39 is 12.0 Å². The van der Waals surface area contributed by atoms with Crippen molar-refractivity contribution >= 4 is 23.2 Å². The van der Waals surface area contributed by atoms with E-state index in [0.717, 1.165) is 10.6 Å². The molecular weight excluding hydrogens is 304 g/mol. The Morgan fingerprint density at radius 1 is 1.41 bits per heavy atom. The number of aromatic nitrogens is 1. The fourth-order valence-electron chi connectivity index (χ4n) is 1.85. The topological polar surface area (TPSA) is 88.5 Å². The first kappa shape index (κ1) is 16.0. The summed E-state index contributed by atoms with van der Waals surface area (Å²) in [6.45, 7) is 1.42. The van der Waals surface area contributed by atoms with Gasteiger partial charge < -0.3 is 15.2 Å². The molecule has 2 N–H and O–H groups in total. The summed E-state index contributed by atoms with van der Waals surface area (Å²) in [6, 6.07) is 6.59. The number of hydrogen-bond acceptors (Lipinski definition) is 5. The third-order valence-corrected chi connectivity index (χ3v) is 3.90. The molecule has 116 valence electrons. The molecule has 2 aromatic rings. The van der Waals surface area contributed by atoms with Crippen molar-refractivity contribution in [3.05, 3.63) is 35.3 Å². The Hall–Kier alpha value is -2.41. The lowest BCUT2D eigenvalue weighted by Gasteiger charge is -2.08. The Balaban J connectivity index is 2.09. The first-order valence-electron chi connectivity index (χ1n) is 6.61. The second kappa shape index (κ2) is 7.04. The van der Waals surface area contributed by atoms with Crippen molar-refractivity contribution in [3.8, 4) is 16.3 Å². The Labute approximate surface area is 131 Å². The third kappa shape index (κ3) is 3.82. The number of nitrogens with one attached hydrogen (secondary N) is 1. The molecule has 1 aromatic heterocycles. The lowest BCUT2D eigenvalue weighted by molar-refractivity contribution is -0.141. The van der Waals surface area contributed by atoms with Crippen molar-refractivity contribution in [1.29, 1.82) is 0 Å². The van der Waals surface area contributed by atoms with Crippen molar-refractivity contribution in [2.24, 2.45) is 0 Å². The third-order valence-electron chi connectivity index (χ3n) is 2.98. The molecule has 22 heavy (non-hydrogen) atoms. The molecule has 2 rings (SSSR count). The van der Waals surface area contributed by atoms with Crippen LogP contribution in [0.25, 0.3) is 10.6 Å². The van der Waals surface area contributed by atoms with E-state index in [1.807, 2.05) is 24.3 Å². The quantitative estimate of drug-likeness (QED) is 0.849. The summed E-state index contributed by atoms with van der Waals surface area (Å²) in [5.74, 6) is -0.722. The van der Waals surface area contributed by atoms with E-state index in [0.29, 0.717) is 11.4 Å². The number of carboxylic acid groups (broad SMARTS) is 1. The molecule has 6 nitrogen and oxygen atoms in total. The van der Waals surface area contributed by atoms with Crippen molar-refractivity contribution < 1.29 is 19.4 Å². The molecule has 1 heterocycles. The van der Waals surface area contributed by atoms with Crippen molar-refractivity contribution in [2.75, 3.05) is 7.11 Å². The van der Waals surface area contributed by atoms with Crippen molar-refractivity contribution in [2.45, 2.75) is 19.4 Å². The monoisotopic (exact) mass is 320 g/mol. The normalized spacial score (nSPS) is 11.7. The number of carbonyl (C=O) groups excluding carboxylic acids is 1. The van der Waals surface area contributed by atoms with E-state index in [-0.39, 0.29) is 12.3 Å².